The molecular formula is C33H30N4O5. The Balaban J connectivity index is 1.49. The summed E-state index contributed by atoms with van der Waals surface area (Å²) in [7, 11) is 0. The maximum Gasteiger partial charge on any atom is 0.355 e. The topological polar surface area (TPSA) is 107 Å². The number of aromatic nitrogens is 3. The molecule has 0 saturated carbocycles. The Kier molecular flexibility index (Phi) is 8.58. The van der Waals surface area contributed by atoms with Crippen LogP contribution in [0.25, 0.3) is 5.69 Å². The number of carbonyl (C=O) groups is 1. The van der Waals surface area contributed by atoms with E-state index in [1.54, 1.807) is 36.4 Å². The van der Waals surface area contributed by atoms with E-state index in [1.165, 1.54) is 16.7 Å². The van der Waals surface area contributed by atoms with Gasteiger partial charge in [0, 0.05) is 13.1 Å². The quantitative estimate of drug-likeness (QED) is 0.248. The summed E-state index contributed by atoms with van der Waals surface area (Å²) in [5.74, 6) is -0.230. The number of rotatable bonds is 11. The molecule has 42 heavy (non-hydrogen) atoms. The van der Waals surface area contributed by atoms with Gasteiger partial charge in [0.1, 0.15) is 12.4 Å². The lowest BCUT2D eigenvalue weighted by atomic mass is 10.2. The number of benzene rings is 4. The molecule has 212 valence electrons. The van der Waals surface area contributed by atoms with Gasteiger partial charge in [-0.05, 0) is 60.0 Å². The van der Waals surface area contributed by atoms with Crippen LogP contribution in [0.15, 0.2) is 119 Å². The number of hydrogen-bond donors (Lipinski definition) is 1. The lowest BCUT2D eigenvalue weighted by molar-refractivity contribution is 0.0697. The summed E-state index contributed by atoms with van der Waals surface area (Å²) in [5.41, 5.74) is 1.98. The second-order valence-corrected chi connectivity index (χ2v) is 9.67. The number of aromatic carboxylic acids is 1. The Morgan fingerprint density at radius 1 is 0.810 bits per heavy atom. The van der Waals surface area contributed by atoms with Gasteiger partial charge in [-0.25, -0.2) is 23.5 Å². The summed E-state index contributed by atoms with van der Waals surface area (Å²) < 4.78 is 8.29. The van der Waals surface area contributed by atoms with Gasteiger partial charge in [0.25, 0.3) is 0 Å². The van der Waals surface area contributed by atoms with Gasteiger partial charge in [0.15, 0.2) is 0 Å². The molecule has 9 heteroatoms. The number of nitrogens with zero attached hydrogens (tertiary/aromatic N) is 4. The van der Waals surface area contributed by atoms with E-state index in [2.05, 4.69) is 4.98 Å². The van der Waals surface area contributed by atoms with Crippen LogP contribution in [0, 0.1) is 0 Å². The second kappa shape index (κ2) is 12.8. The van der Waals surface area contributed by atoms with Crippen LogP contribution in [0.4, 0.5) is 5.95 Å². The van der Waals surface area contributed by atoms with E-state index in [0.717, 1.165) is 21.3 Å². The van der Waals surface area contributed by atoms with Gasteiger partial charge in [-0.3, -0.25) is 0 Å². The largest absolute Gasteiger partial charge is 0.489 e. The third-order valence-corrected chi connectivity index (χ3v) is 6.81. The molecule has 0 unspecified atom stereocenters. The van der Waals surface area contributed by atoms with Gasteiger partial charge in [-0.1, -0.05) is 72.8 Å². The monoisotopic (exact) mass is 562 g/mol. The van der Waals surface area contributed by atoms with E-state index in [9.17, 15) is 19.5 Å². The summed E-state index contributed by atoms with van der Waals surface area (Å²) in [6.45, 7) is 3.24. The third kappa shape index (κ3) is 6.47. The predicted octanol–water partition coefficient (Wildman–Crippen LogP) is 4.75. The standard InChI is InChI=1S/C33H30N4O5/c1-2-35(21-24-9-5-3-6-10-24)31-34-32(40)36(33(41)37(31)28-17-15-27(16-18-28)30(38)39)22-25-13-19-29(20-14-25)42-23-26-11-7-4-8-12-26/h3-20H,2,21-23H2,1H3,(H,38,39). The van der Waals surface area contributed by atoms with E-state index < -0.39 is 17.3 Å². The van der Waals surface area contributed by atoms with Crippen LogP contribution < -0.4 is 21.0 Å². The molecule has 4 aromatic carbocycles. The maximum absolute atomic E-state index is 14.0. The Morgan fingerprint density at radius 2 is 1.43 bits per heavy atom. The van der Waals surface area contributed by atoms with Crippen LogP contribution in [0.3, 0.4) is 0 Å². The fraction of sp³-hybridized carbons (Fsp3) is 0.152. The van der Waals surface area contributed by atoms with Crippen molar-refractivity contribution < 1.29 is 14.6 Å². The first kappa shape index (κ1) is 28.1. The van der Waals surface area contributed by atoms with Gasteiger partial charge in [0.05, 0.1) is 17.8 Å². The molecule has 0 bridgehead atoms. The molecule has 0 aliphatic rings. The molecule has 9 nitrogen and oxygen atoms in total. The minimum atomic E-state index is -1.08. The van der Waals surface area contributed by atoms with Gasteiger partial charge in [-0.15, -0.1) is 0 Å². The van der Waals surface area contributed by atoms with Crippen molar-refractivity contribution in [1.82, 2.24) is 14.1 Å². The Morgan fingerprint density at radius 3 is 2.02 bits per heavy atom. The molecule has 0 aliphatic heterocycles. The van der Waals surface area contributed by atoms with Gasteiger partial charge >= 0.3 is 17.3 Å². The molecule has 1 N–H and O–H groups in total. The fourth-order valence-corrected chi connectivity index (χ4v) is 4.55. The van der Waals surface area contributed by atoms with Crippen molar-refractivity contribution >= 4 is 11.9 Å². The highest BCUT2D eigenvalue weighted by Gasteiger charge is 2.20. The Bertz CT molecular complexity index is 1760. The van der Waals surface area contributed by atoms with Crippen molar-refractivity contribution in [3.63, 3.8) is 0 Å². The van der Waals surface area contributed by atoms with E-state index >= 15 is 0 Å². The number of carboxylic acid groups (broad SMARTS) is 1. The molecule has 0 radical (unpaired) electrons. The molecule has 1 heterocycles. The summed E-state index contributed by atoms with van der Waals surface area (Å²) in [5, 5.41) is 9.36. The Labute approximate surface area is 242 Å². The molecule has 5 rings (SSSR count). The zero-order chi connectivity index (χ0) is 29.5. The first-order valence-corrected chi connectivity index (χ1v) is 13.5. The zero-order valence-corrected chi connectivity index (χ0v) is 23.1. The van der Waals surface area contributed by atoms with Gasteiger partial charge in [-0.2, -0.15) is 4.98 Å². The lowest BCUT2D eigenvalue weighted by Crippen LogP contribution is -2.44. The SMILES string of the molecule is CCN(Cc1ccccc1)c1nc(=O)n(Cc2ccc(OCc3ccccc3)cc2)c(=O)n1-c1ccc(C(=O)O)cc1. The van der Waals surface area contributed by atoms with Crippen LogP contribution in [0.1, 0.15) is 34.0 Å². The number of carboxylic acids is 1. The minimum absolute atomic E-state index is 0.00192. The van der Waals surface area contributed by atoms with Crippen molar-refractivity contribution in [2.75, 3.05) is 11.4 Å². The molecule has 0 amide bonds. The minimum Gasteiger partial charge on any atom is -0.489 e. The van der Waals surface area contributed by atoms with Crippen LogP contribution in [0.5, 0.6) is 5.75 Å². The molecular weight excluding hydrogens is 532 g/mol. The summed E-state index contributed by atoms with van der Waals surface area (Å²) >= 11 is 0. The summed E-state index contributed by atoms with van der Waals surface area (Å²) in [6, 6.07) is 32.6. The first-order chi connectivity index (χ1) is 20.4. The van der Waals surface area contributed by atoms with Crippen LogP contribution in [-0.2, 0) is 19.7 Å². The maximum atomic E-state index is 14.0. The smallest absolute Gasteiger partial charge is 0.355 e. The molecule has 0 fully saturated rings. The molecule has 0 spiro atoms. The molecule has 5 aromatic rings. The highest BCUT2D eigenvalue weighted by atomic mass is 16.5. The normalized spacial score (nSPS) is 10.8. The summed E-state index contributed by atoms with van der Waals surface area (Å²) in [6.07, 6.45) is 0. The van der Waals surface area contributed by atoms with Gasteiger partial charge in [0.2, 0.25) is 5.95 Å². The fourth-order valence-electron chi connectivity index (χ4n) is 4.55. The van der Waals surface area contributed by atoms with Crippen molar-refractivity contribution in [1.29, 1.82) is 0 Å². The number of ether oxygens (including phenoxy) is 1. The van der Waals surface area contributed by atoms with E-state index in [0.29, 0.717) is 31.1 Å². The van der Waals surface area contributed by atoms with Crippen LogP contribution in [0.2, 0.25) is 0 Å². The van der Waals surface area contributed by atoms with Gasteiger partial charge < -0.3 is 14.7 Å². The van der Waals surface area contributed by atoms with E-state index in [1.807, 2.05) is 72.5 Å². The summed E-state index contributed by atoms with van der Waals surface area (Å²) in [4.78, 5) is 44.9. The number of hydrogen-bond acceptors (Lipinski definition) is 6. The molecule has 0 saturated heterocycles. The van der Waals surface area contributed by atoms with Crippen LogP contribution in [-0.4, -0.2) is 31.7 Å². The Hall–Kier alpha value is -5.44. The molecule has 1 aromatic heterocycles. The van der Waals surface area contributed by atoms with E-state index in [-0.39, 0.29) is 18.1 Å². The highest BCUT2D eigenvalue weighted by molar-refractivity contribution is 5.87. The average molecular weight is 563 g/mol. The van der Waals surface area contributed by atoms with Crippen molar-refractivity contribution in [2.45, 2.75) is 26.6 Å². The highest BCUT2D eigenvalue weighted by Crippen LogP contribution is 2.19. The third-order valence-electron chi connectivity index (χ3n) is 6.81. The molecule has 0 atom stereocenters. The van der Waals surface area contributed by atoms with Crippen LogP contribution >= 0.6 is 0 Å². The molecule has 0 aliphatic carbocycles. The predicted molar refractivity (Wildman–Crippen MR) is 161 cm³/mol. The van der Waals surface area contributed by atoms with Crippen molar-refractivity contribution in [3.05, 3.63) is 152 Å². The van der Waals surface area contributed by atoms with Crippen molar-refractivity contribution in [3.8, 4) is 11.4 Å². The average Bonchev–Trinajstić information content (AvgIpc) is 3.02. The van der Waals surface area contributed by atoms with E-state index in [4.69, 9.17) is 4.74 Å². The first-order valence-electron chi connectivity index (χ1n) is 13.5. The van der Waals surface area contributed by atoms with Crippen molar-refractivity contribution in [2.24, 2.45) is 0 Å². The lowest BCUT2D eigenvalue weighted by Gasteiger charge is -2.25. The number of anilines is 1. The second-order valence-electron chi connectivity index (χ2n) is 9.67. The zero-order valence-electron chi connectivity index (χ0n) is 23.1.